The van der Waals surface area contributed by atoms with Crippen molar-refractivity contribution in [3.63, 3.8) is 0 Å². The number of sulfonamides is 1. The summed E-state index contributed by atoms with van der Waals surface area (Å²) >= 11 is 5.99. The largest absolute Gasteiger partial charge is 0.480 e. The van der Waals surface area contributed by atoms with Crippen molar-refractivity contribution in [2.75, 3.05) is 13.6 Å². The first kappa shape index (κ1) is 27.6. The van der Waals surface area contributed by atoms with E-state index < -0.39 is 27.4 Å². The highest BCUT2D eigenvalue weighted by molar-refractivity contribution is 7.89. The number of nitrogens with one attached hydrogen (secondary N) is 1. The standard InChI is InChI=1S/C29H27ClN4O5S/c1-31-27(35)23-18-32-33(19-23)15-16-34(29(28(36)37)17-26(29)22-5-3-2-4-6-22)40(38,39)25-13-9-21(10-14-25)20-7-11-24(30)12-8-20/h2-14,18-19,26H,15-17H2,1H3,(H,31,35)(H,36,37)/t26-,29+/m0/s1. The molecule has 1 aliphatic rings. The molecule has 1 amide bonds. The number of aromatic nitrogens is 2. The number of hydrogen-bond donors (Lipinski definition) is 2. The van der Waals surface area contributed by atoms with E-state index in [1.807, 2.05) is 30.3 Å². The molecule has 4 aromatic rings. The van der Waals surface area contributed by atoms with Gasteiger partial charge in [-0.15, -0.1) is 0 Å². The second-order valence-electron chi connectivity index (χ2n) is 9.58. The van der Waals surface area contributed by atoms with Crippen molar-refractivity contribution in [3.8, 4) is 11.1 Å². The normalized spacial score (nSPS) is 18.4. The van der Waals surface area contributed by atoms with Crippen molar-refractivity contribution < 1.29 is 23.1 Å². The van der Waals surface area contributed by atoms with Gasteiger partial charge in [-0.05, 0) is 47.4 Å². The smallest absolute Gasteiger partial charge is 0.325 e. The molecular weight excluding hydrogens is 552 g/mol. The van der Waals surface area contributed by atoms with Crippen molar-refractivity contribution in [3.05, 3.63) is 107 Å². The van der Waals surface area contributed by atoms with Crippen LogP contribution in [0.15, 0.2) is 96.2 Å². The van der Waals surface area contributed by atoms with E-state index >= 15 is 0 Å². The number of carbonyl (C=O) groups is 2. The van der Waals surface area contributed by atoms with Crippen LogP contribution < -0.4 is 5.32 Å². The Hall–Kier alpha value is -3.99. The van der Waals surface area contributed by atoms with Gasteiger partial charge in [0, 0.05) is 30.7 Å². The van der Waals surface area contributed by atoms with Gasteiger partial charge in [0.15, 0.2) is 0 Å². The molecule has 0 aliphatic heterocycles. The summed E-state index contributed by atoms with van der Waals surface area (Å²) in [6.07, 6.45) is 3.01. The van der Waals surface area contributed by atoms with Crippen LogP contribution in [0.4, 0.5) is 0 Å². The number of carboxylic acid groups (broad SMARTS) is 1. The van der Waals surface area contributed by atoms with Crippen LogP contribution in [0.5, 0.6) is 0 Å². The van der Waals surface area contributed by atoms with Gasteiger partial charge in [-0.1, -0.05) is 66.2 Å². The van der Waals surface area contributed by atoms with Crippen LogP contribution in [0.2, 0.25) is 5.02 Å². The molecule has 1 heterocycles. The van der Waals surface area contributed by atoms with Crippen LogP contribution in [-0.4, -0.2) is 58.6 Å². The molecule has 2 atom stereocenters. The van der Waals surface area contributed by atoms with Crippen molar-refractivity contribution in [2.45, 2.75) is 29.3 Å². The van der Waals surface area contributed by atoms with E-state index in [4.69, 9.17) is 11.6 Å². The molecule has 0 bridgehead atoms. The minimum Gasteiger partial charge on any atom is -0.480 e. The number of benzene rings is 3. The number of carboxylic acids is 1. The minimum atomic E-state index is -4.26. The third-order valence-corrected chi connectivity index (χ3v) is 9.43. The summed E-state index contributed by atoms with van der Waals surface area (Å²) in [7, 11) is -2.76. The molecule has 0 spiro atoms. The quantitative estimate of drug-likeness (QED) is 0.290. The van der Waals surface area contributed by atoms with Gasteiger partial charge in [0.2, 0.25) is 10.0 Å². The molecule has 3 aromatic carbocycles. The topological polar surface area (TPSA) is 122 Å². The Balaban J connectivity index is 1.50. The Kier molecular flexibility index (Phi) is 7.50. The summed E-state index contributed by atoms with van der Waals surface area (Å²) in [5, 5.41) is 17.7. The van der Waals surface area contributed by atoms with Crippen molar-refractivity contribution in [1.29, 1.82) is 0 Å². The maximum absolute atomic E-state index is 14.1. The highest BCUT2D eigenvalue weighted by Gasteiger charge is 2.67. The SMILES string of the molecule is CNC(=O)c1cnn(CCN([C@]2(C(=O)O)C[C@H]2c2ccccc2)S(=O)(=O)c2ccc(-c3ccc(Cl)cc3)cc2)c1. The lowest BCUT2D eigenvalue weighted by Gasteiger charge is -2.29. The van der Waals surface area contributed by atoms with E-state index in [2.05, 4.69) is 10.4 Å². The number of rotatable bonds is 10. The summed E-state index contributed by atoms with van der Waals surface area (Å²) in [6.45, 7) is -0.110. The molecule has 0 saturated heterocycles. The van der Waals surface area contributed by atoms with E-state index in [-0.39, 0.29) is 30.3 Å². The molecule has 40 heavy (non-hydrogen) atoms. The fourth-order valence-electron chi connectivity index (χ4n) is 5.01. The van der Waals surface area contributed by atoms with Gasteiger partial charge >= 0.3 is 5.97 Å². The molecule has 1 aromatic heterocycles. The van der Waals surface area contributed by atoms with Crippen molar-refractivity contribution >= 4 is 33.5 Å². The van der Waals surface area contributed by atoms with Gasteiger partial charge in [0.25, 0.3) is 5.91 Å². The number of carbonyl (C=O) groups excluding carboxylic acids is 1. The summed E-state index contributed by atoms with van der Waals surface area (Å²) < 4.78 is 30.8. The highest BCUT2D eigenvalue weighted by Crippen LogP contribution is 2.57. The average molecular weight is 579 g/mol. The number of hydrogen-bond acceptors (Lipinski definition) is 5. The summed E-state index contributed by atoms with van der Waals surface area (Å²) in [4.78, 5) is 24.7. The lowest BCUT2D eigenvalue weighted by atomic mass is 10.1. The first-order chi connectivity index (χ1) is 19.2. The average Bonchev–Trinajstić information content (AvgIpc) is 3.54. The zero-order chi connectivity index (χ0) is 28.5. The lowest BCUT2D eigenvalue weighted by molar-refractivity contribution is -0.143. The first-order valence-electron chi connectivity index (χ1n) is 12.6. The van der Waals surface area contributed by atoms with Crippen LogP contribution in [0.1, 0.15) is 28.3 Å². The van der Waals surface area contributed by atoms with Gasteiger partial charge in [-0.25, -0.2) is 8.42 Å². The predicted octanol–water partition coefficient (Wildman–Crippen LogP) is 4.26. The van der Waals surface area contributed by atoms with Gasteiger partial charge < -0.3 is 10.4 Å². The fraction of sp³-hybridized carbons (Fsp3) is 0.207. The third kappa shape index (κ3) is 5.13. The Morgan fingerprint density at radius 1 is 1.05 bits per heavy atom. The van der Waals surface area contributed by atoms with Crippen LogP contribution in [0.3, 0.4) is 0 Å². The molecule has 1 fully saturated rings. The highest BCUT2D eigenvalue weighted by atomic mass is 35.5. The third-order valence-electron chi connectivity index (χ3n) is 7.22. The molecule has 2 N–H and O–H groups in total. The molecule has 1 aliphatic carbocycles. The van der Waals surface area contributed by atoms with Crippen LogP contribution in [0, 0.1) is 0 Å². The summed E-state index contributed by atoms with van der Waals surface area (Å²) in [5.74, 6) is -2.06. The Bertz CT molecular complexity index is 1640. The number of amides is 1. The molecule has 206 valence electrons. The fourth-order valence-corrected chi connectivity index (χ4v) is 6.90. The monoisotopic (exact) mass is 578 g/mol. The van der Waals surface area contributed by atoms with E-state index in [9.17, 15) is 23.1 Å². The Morgan fingerprint density at radius 2 is 1.68 bits per heavy atom. The van der Waals surface area contributed by atoms with Crippen molar-refractivity contribution in [1.82, 2.24) is 19.4 Å². The van der Waals surface area contributed by atoms with E-state index in [1.54, 1.807) is 36.4 Å². The maximum atomic E-state index is 14.1. The zero-order valence-corrected chi connectivity index (χ0v) is 23.1. The second kappa shape index (κ2) is 10.9. The van der Waals surface area contributed by atoms with E-state index in [0.717, 1.165) is 21.0 Å². The second-order valence-corrected chi connectivity index (χ2v) is 11.9. The molecule has 9 nitrogen and oxygen atoms in total. The lowest BCUT2D eigenvalue weighted by Crippen LogP contribution is -2.49. The Labute approximate surface area is 237 Å². The molecular formula is C29H27ClN4O5S. The molecule has 1 saturated carbocycles. The summed E-state index contributed by atoms with van der Waals surface area (Å²) in [6, 6.07) is 22.6. The summed E-state index contributed by atoms with van der Waals surface area (Å²) in [5.41, 5.74) is 1.07. The molecule has 0 radical (unpaired) electrons. The van der Waals surface area contributed by atoms with E-state index in [1.165, 1.54) is 36.3 Å². The molecule has 11 heteroatoms. The number of nitrogens with zero attached hydrogens (tertiary/aromatic N) is 3. The van der Waals surface area contributed by atoms with Gasteiger partial charge in [-0.2, -0.15) is 9.40 Å². The van der Waals surface area contributed by atoms with Gasteiger partial charge in [-0.3, -0.25) is 14.3 Å². The number of halogens is 1. The van der Waals surface area contributed by atoms with Crippen molar-refractivity contribution in [2.24, 2.45) is 0 Å². The van der Waals surface area contributed by atoms with Gasteiger partial charge in [0.1, 0.15) is 5.54 Å². The van der Waals surface area contributed by atoms with E-state index in [0.29, 0.717) is 10.6 Å². The van der Waals surface area contributed by atoms with Crippen LogP contribution in [0.25, 0.3) is 11.1 Å². The minimum absolute atomic E-state index is 0.0175. The molecule has 0 unspecified atom stereocenters. The van der Waals surface area contributed by atoms with Crippen LogP contribution in [-0.2, 0) is 21.4 Å². The predicted molar refractivity (Wildman–Crippen MR) is 151 cm³/mol. The Morgan fingerprint density at radius 3 is 2.27 bits per heavy atom. The first-order valence-corrected chi connectivity index (χ1v) is 14.4. The molecule has 5 rings (SSSR count). The maximum Gasteiger partial charge on any atom is 0.325 e. The number of aliphatic carboxylic acids is 1. The van der Waals surface area contributed by atoms with Crippen LogP contribution >= 0.6 is 11.6 Å². The zero-order valence-electron chi connectivity index (χ0n) is 21.6. The van der Waals surface area contributed by atoms with Gasteiger partial charge in [0.05, 0.1) is 23.2 Å².